The third-order valence-corrected chi connectivity index (χ3v) is 4.61. The fourth-order valence-electron chi connectivity index (χ4n) is 3.02. The van der Waals surface area contributed by atoms with E-state index < -0.39 is 11.2 Å². The Labute approximate surface area is 155 Å². The van der Waals surface area contributed by atoms with Crippen molar-refractivity contribution in [2.45, 2.75) is 38.8 Å². The molecule has 9 heteroatoms. The zero-order valence-electron chi connectivity index (χ0n) is 15.6. The molecule has 0 radical (unpaired) electrons. The number of nitrogens with zero attached hydrogens (tertiary/aromatic N) is 4. The molecule has 1 N–H and O–H groups in total. The number of hydrogen-bond acceptors (Lipinski definition) is 5. The molecule has 3 rings (SSSR count). The molecule has 0 aliphatic rings. The Morgan fingerprint density at radius 1 is 1.30 bits per heavy atom. The normalized spacial score (nSPS) is 12.4. The van der Waals surface area contributed by atoms with Crippen LogP contribution in [-0.2, 0) is 31.9 Å². The van der Waals surface area contributed by atoms with Gasteiger partial charge in [0.05, 0.1) is 12.6 Å². The summed E-state index contributed by atoms with van der Waals surface area (Å²) in [6.45, 7) is 2.25. The van der Waals surface area contributed by atoms with Crippen LogP contribution in [0.1, 0.15) is 25.5 Å². The first kappa shape index (κ1) is 18.7. The topological polar surface area (TPSA) is 104 Å². The van der Waals surface area contributed by atoms with Gasteiger partial charge in [-0.2, -0.15) is 0 Å². The summed E-state index contributed by atoms with van der Waals surface area (Å²) in [5, 5.41) is 2.95. The van der Waals surface area contributed by atoms with Crippen molar-refractivity contribution in [1.82, 2.24) is 24.0 Å². The molecule has 0 saturated heterocycles. The molecular formula is C18H23N5O4. The molecule has 0 fully saturated rings. The minimum absolute atomic E-state index is 0.0100. The lowest BCUT2D eigenvalue weighted by Crippen LogP contribution is -2.37. The van der Waals surface area contributed by atoms with E-state index in [4.69, 9.17) is 4.42 Å². The summed E-state index contributed by atoms with van der Waals surface area (Å²) in [6.07, 6.45) is 4.86. The van der Waals surface area contributed by atoms with Gasteiger partial charge in [0.15, 0.2) is 11.2 Å². The number of aryl methyl sites for hydroxylation is 3. The van der Waals surface area contributed by atoms with Crippen LogP contribution in [0.5, 0.6) is 0 Å². The molecule has 0 aliphatic heterocycles. The monoisotopic (exact) mass is 373 g/mol. The summed E-state index contributed by atoms with van der Waals surface area (Å²) < 4.78 is 9.26. The quantitative estimate of drug-likeness (QED) is 0.651. The van der Waals surface area contributed by atoms with Crippen LogP contribution in [-0.4, -0.2) is 30.6 Å². The second-order valence-electron chi connectivity index (χ2n) is 6.65. The summed E-state index contributed by atoms with van der Waals surface area (Å²) in [4.78, 5) is 40.7. The highest BCUT2D eigenvalue weighted by Crippen LogP contribution is 2.08. The Balaban J connectivity index is 1.62. The van der Waals surface area contributed by atoms with Crippen molar-refractivity contribution in [3.8, 4) is 0 Å². The Morgan fingerprint density at radius 2 is 2.07 bits per heavy atom. The number of aromatic nitrogens is 4. The lowest BCUT2D eigenvalue weighted by Gasteiger charge is -2.13. The van der Waals surface area contributed by atoms with E-state index in [9.17, 15) is 14.4 Å². The fraction of sp³-hybridized carbons (Fsp3) is 0.444. The van der Waals surface area contributed by atoms with E-state index in [1.54, 1.807) is 17.9 Å². The molecule has 1 unspecified atom stereocenters. The molecule has 9 nitrogen and oxygen atoms in total. The molecule has 0 bridgehead atoms. The number of fused-ring (bicyclic) bond motifs is 1. The van der Waals surface area contributed by atoms with Crippen LogP contribution < -0.4 is 16.6 Å². The first-order valence-corrected chi connectivity index (χ1v) is 8.81. The SMILES string of the molecule is CC(CCc1ccco1)NC(=O)CCn1cnc2c1c(=O)n(C)c(=O)n2C. The molecular weight excluding hydrogens is 350 g/mol. The van der Waals surface area contributed by atoms with Crippen LogP contribution in [0.2, 0.25) is 0 Å². The molecule has 0 saturated carbocycles. The second kappa shape index (κ2) is 7.65. The standard InChI is InChI=1S/C18H23N5O4/c1-12(6-7-13-5-4-10-27-13)20-14(24)8-9-23-11-19-16-15(23)17(25)22(3)18(26)21(16)2/h4-5,10-12H,6-9H2,1-3H3,(H,20,24). The third kappa shape index (κ3) is 3.86. The van der Waals surface area contributed by atoms with Crippen molar-refractivity contribution in [3.05, 3.63) is 51.3 Å². The van der Waals surface area contributed by atoms with E-state index in [-0.39, 0.29) is 18.4 Å². The maximum Gasteiger partial charge on any atom is 0.332 e. The molecule has 0 spiro atoms. The van der Waals surface area contributed by atoms with Crippen LogP contribution >= 0.6 is 0 Å². The first-order valence-electron chi connectivity index (χ1n) is 8.81. The van der Waals surface area contributed by atoms with Crippen molar-refractivity contribution >= 4 is 17.1 Å². The summed E-state index contributed by atoms with van der Waals surface area (Å²) >= 11 is 0. The van der Waals surface area contributed by atoms with Crippen LogP contribution in [0.15, 0.2) is 38.7 Å². The number of nitrogens with one attached hydrogen (secondary N) is 1. The van der Waals surface area contributed by atoms with Gasteiger partial charge in [0.25, 0.3) is 5.56 Å². The predicted octanol–water partition coefficient (Wildman–Crippen LogP) is 0.554. The van der Waals surface area contributed by atoms with E-state index in [0.717, 1.165) is 23.2 Å². The van der Waals surface area contributed by atoms with E-state index in [2.05, 4.69) is 10.3 Å². The molecule has 27 heavy (non-hydrogen) atoms. The van der Waals surface area contributed by atoms with Crippen LogP contribution in [0.4, 0.5) is 0 Å². The van der Waals surface area contributed by atoms with Gasteiger partial charge in [0.2, 0.25) is 5.91 Å². The minimum atomic E-state index is -0.430. The molecule has 3 heterocycles. The van der Waals surface area contributed by atoms with E-state index >= 15 is 0 Å². The number of hydrogen-bond donors (Lipinski definition) is 1. The van der Waals surface area contributed by atoms with Crippen LogP contribution in [0, 0.1) is 0 Å². The lowest BCUT2D eigenvalue weighted by atomic mass is 10.1. The maximum absolute atomic E-state index is 12.4. The molecule has 1 amide bonds. The fourth-order valence-corrected chi connectivity index (χ4v) is 3.02. The zero-order chi connectivity index (χ0) is 19.6. The van der Waals surface area contributed by atoms with Crippen LogP contribution in [0.3, 0.4) is 0 Å². The first-order chi connectivity index (χ1) is 12.9. The summed E-state index contributed by atoms with van der Waals surface area (Å²) in [7, 11) is 2.99. The van der Waals surface area contributed by atoms with Gasteiger partial charge >= 0.3 is 5.69 Å². The Kier molecular flexibility index (Phi) is 5.29. The van der Waals surface area contributed by atoms with Gasteiger partial charge in [-0.3, -0.25) is 18.7 Å². The molecule has 3 aromatic rings. The van der Waals surface area contributed by atoms with Crippen molar-refractivity contribution in [2.24, 2.45) is 14.1 Å². The third-order valence-electron chi connectivity index (χ3n) is 4.61. The van der Waals surface area contributed by atoms with Gasteiger partial charge < -0.3 is 14.3 Å². The number of imidazole rings is 1. The van der Waals surface area contributed by atoms with E-state index in [1.165, 1.54) is 17.9 Å². The Morgan fingerprint density at radius 3 is 2.78 bits per heavy atom. The van der Waals surface area contributed by atoms with Gasteiger partial charge in [-0.25, -0.2) is 9.78 Å². The average molecular weight is 373 g/mol. The number of carbonyl (C=O) groups excluding carboxylic acids is 1. The van der Waals surface area contributed by atoms with Gasteiger partial charge in [0, 0.05) is 39.5 Å². The Hall–Kier alpha value is -3.10. The van der Waals surface area contributed by atoms with Gasteiger partial charge in [-0.15, -0.1) is 0 Å². The predicted molar refractivity (Wildman–Crippen MR) is 99.5 cm³/mol. The maximum atomic E-state index is 12.4. The smallest absolute Gasteiger partial charge is 0.332 e. The summed E-state index contributed by atoms with van der Waals surface area (Å²) in [5.74, 6) is 0.785. The van der Waals surface area contributed by atoms with E-state index in [0.29, 0.717) is 17.7 Å². The van der Waals surface area contributed by atoms with Gasteiger partial charge in [-0.05, 0) is 25.5 Å². The summed E-state index contributed by atoms with van der Waals surface area (Å²) in [6, 6.07) is 3.76. The van der Waals surface area contributed by atoms with Crippen molar-refractivity contribution in [3.63, 3.8) is 0 Å². The minimum Gasteiger partial charge on any atom is -0.469 e. The largest absolute Gasteiger partial charge is 0.469 e. The highest BCUT2D eigenvalue weighted by Gasteiger charge is 2.15. The summed E-state index contributed by atoms with van der Waals surface area (Å²) in [5.41, 5.74) is -0.215. The number of carbonyl (C=O) groups is 1. The van der Waals surface area contributed by atoms with Gasteiger partial charge in [-0.1, -0.05) is 0 Å². The van der Waals surface area contributed by atoms with Crippen molar-refractivity contribution in [1.29, 1.82) is 0 Å². The van der Waals surface area contributed by atoms with Gasteiger partial charge in [0.1, 0.15) is 5.76 Å². The molecule has 0 aliphatic carbocycles. The highest BCUT2D eigenvalue weighted by atomic mass is 16.3. The number of amides is 1. The van der Waals surface area contributed by atoms with Crippen molar-refractivity contribution < 1.29 is 9.21 Å². The molecule has 144 valence electrons. The van der Waals surface area contributed by atoms with Crippen LogP contribution in [0.25, 0.3) is 11.2 Å². The lowest BCUT2D eigenvalue weighted by molar-refractivity contribution is -0.121. The number of rotatable bonds is 7. The average Bonchev–Trinajstić information content (AvgIpc) is 3.31. The zero-order valence-corrected chi connectivity index (χ0v) is 15.6. The molecule has 3 aromatic heterocycles. The highest BCUT2D eigenvalue weighted by molar-refractivity contribution is 5.76. The number of furan rings is 1. The van der Waals surface area contributed by atoms with E-state index in [1.807, 2.05) is 19.1 Å². The molecule has 0 aromatic carbocycles. The van der Waals surface area contributed by atoms with Crippen molar-refractivity contribution in [2.75, 3.05) is 0 Å². The Bertz CT molecular complexity index is 1060. The molecule has 1 atom stereocenters. The second-order valence-corrected chi connectivity index (χ2v) is 6.65.